The van der Waals surface area contributed by atoms with E-state index in [2.05, 4.69) is 4.98 Å². The zero-order chi connectivity index (χ0) is 23.1. The van der Waals surface area contributed by atoms with Gasteiger partial charge in [-0.1, -0.05) is 12.1 Å². The Balaban J connectivity index is 1.94. The molecule has 4 aromatic rings. The topological polar surface area (TPSA) is 17.8 Å². The van der Waals surface area contributed by atoms with Crippen LogP contribution in [0.3, 0.4) is 0 Å². The van der Waals surface area contributed by atoms with Crippen LogP contribution in [0.25, 0.3) is 28.2 Å². The van der Waals surface area contributed by atoms with Gasteiger partial charge in [-0.15, -0.1) is 0 Å². The van der Waals surface area contributed by atoms with Gasteiger partial charge >= 0.3 is 12.4 Å². The Hall–Kier alpha value is -3.62. The number of imidazole rings is 1. The van der Waals surface area contributed by atoms with Crippen molar-refractivity contribution in [3.8, 4) is 28.2 Å². The van der Waals surface area contributed by atoms with E-state index in [9.17, 15) is 30.7 Å². The fourth-order valence-electron chi connectivity index (χ4n) is 3.33. The SMILES string of the molecule is Fc1ccc(-c2nccn2-c2ccc(C(F)(F)F)cc2-c2cccc(C(F)(F)F)c2)cc1. The lowest BCUT2D eigenvalue weighted by Gasteiger charge is -2.17. The molecule has 0 atom stereocenters. The van der Waals surface area contributed by atoms with Gasteiger partial charge in [-0.05, 0) is 60.2 Å². The van der Waals surface area contributed by atoms with Crippen LogP contribution in [0.4, 0.5) is 30.7 Å². The third kappa shape index (κ3) is 4.23. The molecule has 0 radical (unpaired) electrons. The van der Waals surface area contributed by atoms with Crippen molar-refractivity contribution in [2.45, 2.75) is 12.4 Å². The normalized spacial score (nSPS) is 12.2. The highest BCUT2D eigenvalue weighted by Crippen LogP contribution is 2.38. The van der Waals surface area contributed by atoms with Crippen molar-refractivity contribution in [3.05, 3.63) is 96.1 Å². The first-order valence-electron chi connectivity index (χ1n) is 9.22. The number of benzene rings is 3. The standard InChI is InChI=1S/C23H13F7N2/c24-18-7-4-14(5-8-18)21-31-10-11-32(21)20-9-6-17(23(28,29)30)13-19(20)15-2-1-3-16(12-15)22(25,26)27/h1-13H. The maximum Gasteiger partial charge on any atom is 0.416 e. The summed E-state index contributed by atoms with van der Waals surface area (Å²) in [5, 5.41) is 0. The Morgan fingerprint density at radius 3 is 2.00 bits per heavy atom. The number of alkyl halides is 6. The lowest BCUT2D eigenvalue weighted by Crippen LogP contribution is -2.08. The molecule has 1 heterocycles. The van der Waals surface area contributed by atoms with E-state index in [1.54, 1.807) is 0 Å². The second-order valence-corrected chi connectivity index (χ2v) is 6.94. The smallest absolute Gasteiger partial charge is 0.299 e. The van der Waals surface area contributed by atoms with Crippen LogP contribution in [0.5, 0.6) is 0 Å². The summed E-state index contributed by atoms with van der Waals surface area (Å²) in [6.07, 6.45) is -6.49. The quantitative estimate of drug-likeness (QED) is 0.298. The maximum absolute atomic E-state index is 13.4. The third-order valence-electron chi connectivity index (χ3n) is 4.83. The lowest BCUT2D eigenvalue weighted by molar-refractivity contribution is -0.138. The van der Waals surface area contributed by atoms with Gasteiger partial charge < -0.3 is 0 Å². The van der Waals surface area contributed by atoms with Crippen LogP contribution in [-0.2, 0) is 12.4 Å². The van der Waals surface area contributed by atoms with Gasteiger partial charge in [0.2, 0.25) is 0 Å². The van der Waals surface area contributed by atoms with Crippen molar-refractivity contribution < 1.29 is 30.7 Å². The molecule has 0 N–H and O–H groups in total. The van der Waals surface area contributed by atoms with Crippen molar-refractivity contribution in [3.63, 3.8) is 0 Å². The first kappa shape index (κ1) is 21.6. The minimum Gasteiger partial charge on any atom is -0.299 e. The van der Waals surface area contributed by atoms with Crippen molar-refractivity contribution in [2.75, 3.05) is 0 Å². The molecule has 32 heavy (non-hydrogen) atoms. The van der Waals surface area contributed by atoms with Crippen LogP contribution in [0.2, 0.25) is 0 Å². The number of hydrogen-bond donors (Lipinski definition) is 0. The molecule has 0 bridgehead atoms. The van der Waals surface area contributed by atoms with Crippen molar-refractivity contribution >= 4 is 0 Å². The molecule has 0 amide bonds. The molecule has 4 rings (SSSR count). The molecule has 0 fully saturated rings. The second kappa shape index (κ2) is 7.81. The van der Waals surface area contributed by atoms with Gasteiger partial charge in [-0.2, -0.15) is 26.3 Å². The van der Waals surface area contributed by atoms with Gasteiger partial charge in [-0.25, -0.2) is 9.37 Å². The third-order valence-corrected chi connectivity index (χ3v) is 4.83. The first-order chi connectivity index (χ1) is 15.0. The minimum absolute atomic E-state index is 0.0420. The molecule has 164 valence electrons. The van der Waals surface area contributed by atoms with Gasteiger partial charge in [0.25, 0.3) is 0 Å². The van der Waals surface area contributed by atoms with Gasteiger partial charge in [-0.3, -0.25) is 4.57 Å². The van der Waals surface area contributed by atoms with Crippen LogP contribution in [0, 0.1) is 5.82 Å². The summed E-state index contributed by atoms with van der Waals surface area (Å²) in [5.74, 6) is -0.191. The van der Waals surface area contributed by atoms with Crippen LogP contribution >= 0.6 is 0 Å². The van der Waals surface area contributed by atoms with E-state index in [0.29, 0.717) is 5.56 Å². The van der Waals surface area contributed by atoms with E-state index in [1.807, 2.05) is 0 Å². The van der Waals surface area contributed by atoms with E-state index in [0.717, 1.165) is 30.3 Å². The van der Waals surface area contributed by atoms with Crippen LogP contribution < -0.4 is 0 Å². The summed E-state index contributed by atoms with van der Waals surface area (Å²) in [6, 6.07) is 12.2. The van der Waals surface area contributed by atoms with E-state index < -0.39 is 29.3 Å². The predicted octanol–water partition coefficient (Wildman–Crippen LogP) is 7.38. The van der Waals surface area contributed by atoms with Crippen molar-refractivity contribution in [2.24, 2.45) is 0 Å². The molecular weight excluding hydrogens is 437 g/mol. The first-order valence-corrected chi connectivity index (χ1v) is 9.22. The fraction of sp³-hybridized carbons (Fsp3) is 0.0870. The van der Waals surface area contributed by atoms with Crippen LogP contribution in [0.15, 0.2) is 79.1 Å². The monoisotopic (exact) mass is 450 g/mol. The number of hydrogen-bond acceptors (Lipinski definition) is 1. The molecule has 0 aliphatic heterocycles. The zero-order valence-electron chi connectivity index (χ0n) is 16.0. The van der Waals surface area contributed by atoms with Gasteiger partial charge in [0.15, 0.2) is 0 Å². The Morgan fingerprint density at radius 1 is 0.688 bits per heavy atom. The second-order valence-electron chi connectivity index (χ2n) is 6.94. The summed E-state index contributed by atoms with van der Waals surface area (Å²) in [5.41, 5.74) is -1.42. The van der Waals surface area contributed by atoms with Crippen molar-refractivity contribution in [1.29, 1.82) is 0 Å². The maximum atomic E-state index is 13.4. The largest absolute Gasteiger partial charge is 0.416 e. The molecule has 9 heteroatoms. The highest BCUT2D eigenvalue weighted by atomic mass is 19.4. The average Bonchev–Trinajstić information content (AvgIpc) is 3.22. The Bertz CT molecular complexity index is 1250. The molecular formula is C23H13F7N2. The summed E-state index contributed by atoms with van der Waals surface area (Å²) < 4.78 is 94.5. The number of halogens is 7. The molecule has 3 aromatic carbocycles. The van der Waals surface area contributed by atoms with E-state index >= 15 is 0 Å². The van der Waals surface area contributed by atoms with Crippen LogP contribution in [-0.4, -0.2) is 9.55 Å². The van der Waals surface area contributed by atoms with Crippen LogP contribution in [0.1, 0.15) is 11.1 Å². The number of nitrogens with zero attached hydrogens (tertiary/aromatic N) is 2. The Morgan fingerprint density at radius 2 is 1.34 bits per heavy atom. The molecule has 0 aliphatic carbocycles. The van der Waals surface area contributed by atoms with E-state index in [1.165, 1.54) is 53.4 Å². The summed E-state index contributed by atoms with van der Waals surface area (Å²) in [6.45, 7) is 0. The Kier molecular flexibility index (Phi) is 5.28. The van der Waals surface area contributed by atoms with Gasteiger partial charge in [0.1, 0.15) is 11.6 Å². The predicted molar refractivity (Wildman–Crippen MR) is 104 cm³/mol. The minimum atomic E-state index is -4.69. The molecule has 2 nitrogen and oxygen atoms in total. The lowest BCUT2D eigenvalue weighted by atomic mass is 9.98. The van der Waals surface area contributed by atoms with Crippen molar-refractivity contribution in [1.82, 2.24) is 9.55 Å². The molecule has 0 spiro atoms. The molecule has 0 saturated heterocycles. The molecule has 0 aliphatic rings. The van der Waals surface area contributed by atoms with E-state index in [4.69, 9.17) is 0 Å². The summed E-state index contributed by atoms with van der Waals surface area (Å²) in [4.78, 5) is 4.19. The molecule has 1 aromatic heterocycles. The van der Waals surface area contributed by atoms with Gasteiger partial charge in [0, 0.05) is 23.5 Å². The molecule has 0 unspecified atom stereocenters. The average molecular weight is 450 g/mol. The van der Waals surface area contributed by atoms with Gasteiger partial charge in [0.05, 0.1) is 16.8 Å². The summed E-state index contributed by atoms with van der Waals surface area (Å²) >= 11 is 0. The molecule has 0 saturated carbocycles. The number of rotatable bonds is 3. The van der Waals surface area contributed by atoms with E-state index in [-0.39, 0.29) is 22.6 Å². The highest BCUT2D eigenvalue weighted by molar-refractivity contribution is 5.76. The fourth-order valence-corrected chi connectivity index (χ4v) is 3.33. The Labute approximate surface area is 177 Å². The number of aromatic nitrogens is 2. The zero-order valence-corrected chi connectivity index (χ0v) is 16.0. The summed E-state index contributed by atoms with van der Waals surface area (Å²) in [7, 11) is 0. The highest BCUT2D eigenvalue weighted by Gasteiger charge is 2.33.